The molecule has 112 valence electrons. The standard InChI is InChI=1S/C16H13ClN2O3/c17-12-6-2-1-5-11(12)9-18-19-16(20)15-10-21-13-7-3-4-8-14(13)22-15/h1-9,15H,10H2,(H,19,20)/b18-9+. The zero-order valence-electron chi connectivity index (χ0n) is 11.5. The number of rotatable bonds is 3. The van der Waals surface area contributed by atoms with Crippen molar-refractivity contribution in [3.63, 3.8) is 0 Å². The molecule has 1 aliphatic rings. The van der Waals surface area contributed by atoms with Crippen LogP contribution in [0.25, 0.3) is 0 Å². The lowest BCUT2D eigenvalue weighted by Crippen LogP contribution is -2.42. The Kier molecular flexibility index (Phi) is 4.25. The third kappa shape index (κ3) is 3.20. The van der Waals surface area contributed by atoms with E-state index in [4.69, 9.17) is 21.1 Å². The number of hydrogen-bond acceptors (Lipinski definition) is 4. The summed E-state index contributed by atoms with van der Waals surface area (Å²) in [5, 5.41) is 4.45. The van der Waals surface area contributed by atoms with Gasteiger partial charge in [-0.2, -0.15) is 5.10 Å². The van der Waals surface area contributed by atoms with E-state index < -0.39 is 6.10 Å². The van der Waals surface area contributed by atoms with Crippen LogP contribution in [0.15, 0.2) is 53.6 Å². The average molecular weight is 317 g/mol. The van der Waals surface area contributed by atoms with Crippen molar-refractivity contribution in [2.75, 3.05) is 6.61 Å². The smallest absolute Gasteiger partial charge is 0.284 e. The van der Waals surface area contributed by atoms with Crippen molar-refractivity contribution in [2.45, 2.75) is 6.10 Å². The van der Waals surface area contributed by atoms with Crippen LogP contribution in [0.1, 0.15) is 5.56 Å². The Morgan fingerprint density at radius 2 is 1.91 bits per heavy atom. The van der Waals surface area contributed by atoms with Crippen LogP contribution >= 0.6 is 11.6 Å². The van der Waals surface area contributed by atoms with Gasteiger partial charge in [-0.1, -0.05) is 41.9 Å². The number of para-hydroxylation sites is 2. The van der Waals surface area contributed by atoms with Crippen LogP contribution in [-0.2, 0) is 4.79 Å². The number of fused-ring (bicyclic) bond motifs is 1. The molecule has 0 aliphatic carbocycles. The third-order valence-corrected chi connectivity index (χ3v) is 3.43. The van der Waals surface area contributed by atoms with E-state index in [9.17, 15) is 4.79 Å². The maximum Gasteiger partial charge on any atom is 0.284 e. The van der Waals surface area contributed by atoms with Crippen molar-refractivity contribution in [1.82, 2.24) is 5.43 Å². The van der Waals surface area contributed by atoms with Gasteiger partial charge in [0.2, 0.25) is 6.10 Å². The molecule has 6 heteroatoms. The van der Waals surface area contributed by atoms with E-state index >= 15 is 0 Å². The van der Waals surface area contributed by atoms with Crippen LogP contribution in [0.4, 0.5) is 0 Å². The number of ether oxygens (including phenoxy) is 2. The molecular formula is C16H13ClN2O3. The van der Waals surface area contributed by atoms with Crippen molar-refractivity contribution in [3.8, 4) is 11.5 Å². The summed E-state index contributed by atoms with van der Waals surface area (Å²) in [6, 6.07) is 14.4. The number of halogens is 1. The third-order valence-electron chi connectivity index (χ3n) is 3.08. The first-order valence-corrected chi connectivity index (χ1v) is 7.08. The highest BCUT2D eigenvalue weighted by atomic mass is 35.5. The Morgan fingerprint density at radius 3 is 2.73 bits per heavy atom. The number of nitrogens with one attached hydrogen (secondary N) is 1. The molecule has 0 saturated carbocycles. The Hall–Kier alpha value is -2.53. The molecular weight excluding hydrogens is 304 g/mol. The van der Waals surface area contributed by atoms with Gasteiger partial charge in [-0.25, -0.2) is 5.43 Å². The lowest BCUT2D eigenvalue weighted by Gasteiger charge is -2.24. The van der Waals surface area contributed by atoms with Gasteiger partial charge in [0.15, 0.2) is 11.5 Å². The molecule has 0 spiro atoms. The molecule has 1 heterocycles. The van der Waals surface area contributed by atoms with Crippen LogP contribution in [0, 0.1) is 0 Å². The van der Waals surface area contributed by atoms with Crippen molar-refractivity contribution in [3.05, 3.63) is 59.1 Å². The first-order valence-electron chi connectivity index (χ1n) is 6.70. The predicted molar refractivity (Wildman–Crippen MR) is 83.5 cm³/mol. The fraction of sp³-hybridized carbons (Fsp3) is 0.125. The normalized spacial score (nSPS) is 16.5. The van der Waals surface area contributed by atoms with Gasteiger partial charge in [0.05, 0.1) is 6.21 Å². The summed E-state index contributed by atoms with van der Waals surface area (Å²) in [5.41, 5.74) is 3.14. The predicted octanol–water partition coefficient (Wildman–Crippen LogP) is 2.63. The topological polar surface area (TPSA) is 59.9 Å². The van der Waals surface area contributed by atoms with E-state index in [2.05, 4.69) is 10.5 Å². The number of benzene rings is 2. The number of carbonyl (C=O) groups is 1. The summed E-state index contributed by atoms with van der Waals surface area (Å²) in [4.78, 5) is 12.0. The molecule has 0 bridgehead atoms. The fourth-order valence-corrected chi connectivity index (χ4v) is 2.15. The van der Waals surface area contributed by atoms with Crippen LogP contribution in [0.5, 0.6) is 11.5 Å². The zero-order valence-corrected chi connectivity index (χ0v) is 12.3. The van der Waals surface area contributed by atoms with Crippen LogP contribution in [0.2, 0.25) is 5.02 Å². The van der Waals surface area contributed by atoms with Crippen LogP contribution in [0.3, 0.4) is 0 Å². The first kappa shape index (κ1) is 14.4. The van der Waals surface area contributed by atoms with Crippen molar-refractivity contribution in [2.24, 2.45) is 5.10 Å². The molecule has 5 nitrogen and oxygen atoms in total. The van der Waals surface area contributed by atoms with Crippen LogP contribution < -0.4 is 14.9 Å². The number of amides is 1. The van der Waals surface area contributed by atoms with E-state index in [1.54, 1.807) is 24.3 Å². The molecule has 1 unspecified atom stereocenters. The monoisotopic (exact) mass is 316 g/mol. The fourth-order valence-electron chi connectivity index (χ4n) is 1.97. The number of hydrazone groups is 1. The van der Waals surface area contributed by atoms with Gasteiger partial charge >= 0.3 is 0 Å². The molecule has 0 aromatic heterocycles. The Bertz CT molecular complexity index is 718. The summed E-state index contributed by atoms with van der Waals surface area (Å²) < 4.78 is 11.1. The molecule has 0 radical (unpaired) electrons. The summed E-state index contributed by atoms with van der Waals surface area (Å²) in [7, 11) is 0. The minimum atomic E-state index is -0.738. The molecule has 1 amide bonds. The molecule has 2 aromatic rings. The zero-order chi connectivity index (χ0) is 15.4. The lowest BCUT2D eigenvalue weighted by molar-refractivity contribution is -0.130. The molecule has 0 fully saturated rings. The molecule has 1 aliphatic heterocycles. The van der Waals surface area contributed by atoms with Gasteiger partial charge in [-0.05, 0) is 18.2 Å². The van der Waals surface area contributed by atoms with Crippen molar-refractivity contribution < 1.29 is 14.3 Å². The summed E-state index contributed by atoms with van der Waals surface area (Å²) in [6.45, 7) is 0.143. The Morgan fingerprint density at radius 1 is 1.18 bits per heavy atom. The number of nitrogens with zero attached hydrogens (tertiary/aromatic N) is 1. The van der Waals surface area contributed by atoms with Gasteiger partial charge in [-0.3, -0.25) is 4.79 Å². The second kappa shape index (κ2) is 6.49. The summed E-state index contributed by atoms with van der Waals surface area (Å²) in [5.74, 6) is 0.799. The molecule has 2 aromatic carbocycles. The second-order valence-corrected chi connectivity index (χ2v) is 5.03. The van der Waals surface area contributed by atoms with Crippen molar-refractivity contribution in [1.29, 1.82) is 0 Å². The Labute approximate surface area is 132 Å². The van der Waals surface area contributed by atoms with E-state index in [1.165, 1.54) is 6.21 Å². The highest BCUT2D eigenvalue weighted by Crippen LogP contribution is 2.30. The van der Waals surface area contributed by atoms with E-state index in [0.29, 0.717) is 16.5 Å². The molecule has 1 atom stereocenters. The summed E-state index contributed by atoms with van der Waals surface area (Å²) in [6.07, 6.45) is 0.746. The summed E-state index contributed by atoms with van der Waals surface area (Å²) >= 11 is 6.00. The minimum absolute atomic E-state index is 0.143. The first-order chi connectivity index (χ1) is 10.7. The SMILES string of the molecule is O=C(N/N=C/c1ccccc1Cl)C1COc2ccccc2O1. The minimum Gasteiger partial charge on any atom is -0.485 e. The number of carbonyl (C=O) groups excluding carboxylic acids is 1. The van der Waals surface area contributed by atoms with E-state index in [1.807, 2.05) is 24.3 Å². The molecule has 22 heavy (non-hydrogen) atoms. The molecule has 1 N–H and O–H groups in total. The van der Waals surface area contributed by atoms with Crippen LogP contribution in [-0.4, -0.2) is 24.8 Å². The maximum absolute atomic E-state index is 12.0. The average Bonchev–Trinajstić information content (AvgIpc) is 2.56. The van der Waals surface area contributed by atoms with Crippen molar-refractivity contribution >= 4 is 23.7 Å². The second-order valence-electron chi connectivity index (χ2n) is 4.62. The quantitative estimate of drug-likeness (QED) is 0.699. The molecule has 0 saturated heterocycles. The van der Waals surface area contributed by atoms with Gasteiger partial charge in [0.25, 0.3) is 5.91 Å². The van der Waals surface area contributed by atoms with E-state index in [0.717, 1.165) is 5.56 Å². The number of hydrogen-bond donors (Lipinski definition) is 1. The maximum atomic E-state index is 12.0. The van der Waals surface area contributed by atoms with Gasteiger partial charge in [0.1, 0.15) is 6.61 Å². The highest BCUT2D eigenvalue weighted by Gasteiger charge is 2.26. The van der Waals surface area contributed by atoms with Gasteiger partial charge in [0, 0.05) is 10.6 Å². The largest absolute Gasteiger partial charge is 0.485 e. The Balaban J connectivity index is 1.60. The molecule has 3 rings (SSSR count). The van der Waals surface area contributed by atoms with Gasteiger partial charge < -0.3 is 9.47 Å². The van der Waals surface area contributed by atoms with E-state index in [-0.39, 0.29) is 12.5 Å². The highest BCUT2D eigenvalue weighted by molar-refractivity contribution is 6.33. The lowest BCUT2D eigenvalue weighted by atomic mass is 10.2. The van der Waals surface area contributed by atoms with Gasteiger partial charge in [-0.15, -0.1) is 0 Å².